The zero-order valence-corrected chi connectivity index (χ0v) is 18.8. The van der Waals surface area contributed by atoms with Crippen LogP contribution >= 0.6 is 0 Å². The maximum absolute atomic E-state index is 13.0. The van der Waals surface area contributed by atoms with Crippen LogP contribution in [-0.4, -0.2) is 39.3 Å². The molecule has 2 N–H and O–H groups in total. The number of amides is 1. The van der Waals surface area contributed by atoms with Crippen LogP contribution in [0.4, 0.5) is 4.79 Å². The minimum atomic E-state index is -1.11. The Hall–Kier alpha value is -3.61. The summed E-state index contributed by atoms with van der Waals surface area (Å²) in [6.07, 6.45) is 2.13. The van der Waals surface area contributed by atoms with Crippen molar-refractivity contribution in [3.05, 3.63) is 60.2 Å². The van der Waals surface area contributed by atoms with E-state index >= 15 is 0 Å². The summed E-state index contributed by atoms with van der Waals surface area (Å²) in [7, 11) is 0. The number of hydrogen-bond donors (Lipinski definition) is 2. The van der Waals surface area contributed by atoms with Crippen molar-refractivity contribution in [1.82, 2.24) is 9.88 Å². The Morgan fingerprint density at radius 3 is 2.16 bits per heavy atom. The summed E-state index contributed by atoms with van der Waals surface area (Å²) in [4.78, 5) is 36.0. The molecule has 0 fully saturated rings. The van der Waals surface area contributed by atoms with Gasteiger partial charge in [0.15, 0.2) is 0 Å². The summed E-state index contributed by atoms with van der Waals surface area (Å²) in [5.41, 5.74) is 2.49. The van der Waals surface area contributed by atoms with Crippen molar-refractivity contribution in [2.24, 2.45) is 0 Å². The molecule has 0 aliphatic carbocycles. The summed E-state index contributed by atoms with van der Waals surface area (Å²) in [5, 5.41) is 13.6. The van der Waals surface area contributed by atoms with Crippen molar-refractivity contribution in [3.63, 3.8) is 0 Å². The molecule has 0 aliphatic heterocycles. The zero-order chi connectivity index (χ0) is 23.6. The number of aromatic nitrogens is 1. The molecule has 7 nitrogen and oxygen atoms in total. The maximum atomic E-state index is 13.0. The highest BCUT2D eigenvalue weighted by Gasteiger charge is 2.24. The Bertz CT molecular complexity index is 1220. The van der Waals surface area contributed by atoms with Crippen LogP contribution in [0.5, 0.6) is 0 Å². The van der Waals surface area contributed by atoms with Crippen LogP contribution in [0.3, 0.4) is 0 Å². The summed E-state index contributed by atoms with van der Waals surface area (Å²) in [6.45, 7) is 10.5. The van der Waals surface area contributed by atoms with Crippen molar-refractivity contribution in [3.8, 4) is 0 Å². The Morgan fingerprint density at radius 1 is 1.09 bits per heavy atom. The van der Waals surface area contributed by atoms with Crippen LogP contribution in [0.25, 0.3) is 21.8 Å². The fourth-order valence-electron chi connectivity index (χ4n) is 3.72. The minimum absolute atomic E-state index is 0.121. The molecule has 0 bridgehead atoms. The third-order valence-corrected chi connectivity index (χ3v) is 4.97. The number of benzene rings is 2. The van der Waals surface area contributed by atoms with E-state index < -0.39 is 29.6 Å². The lowest BCUT2D eigenvalue weighted by molar-refractivity contribution is -0.141. The van der Waals surface area contributed by atoms with E-state index in [9.17, 15) is 19.5 Å². The first kappa shape index (κ1) is 23.1. The molecule has 1 amide bonds. The Kier molecular flexibility index (Phi) is 6.39. The van der Waals surface area contributed by atoms with Crippen LogP contribution in [0.1, 0.15) is 38.8 Å². The van der Waals surface area contributed by atoms with Crippen molar-refractivity contribution in [2.75, 3.05) is 0 Å². The number of carbonyl (C=O) groups excluding carboxylic acids is 2. The molecule has 1 atom stereocenters. The van der Waals surface area contributed by atoms with E-state index in [1.165, 1.54) is 6.92 Å². The van der Waals surface area contributed by atoms with Gasteiger partial charge >= 0.3 is 12.1 Å². The van der Waals surface area contributed by atoms with E-state index in [1.807, 2.05) is 51.1 Å². The van der Waals surface area contributed by atoms with Gasteiger partial charge in [0.05, 0.1) is 11.0 Å². The minimum Gasteiger partial charge on any atom is -0.480 e. The highest BCUT2D eigenvalue weighted by molar-refractivity contribution is 6.13. The Labute approximate surface area is 186 Å². The molecular formula is C25H28N2O5. The fourth-order valence-corrected chi connectivity index (χ4v) is 3.72. The Balaban J connectivity index is 2.17. The fraction of sp³-hybridized carbons (Fsp3) is 0.320. The summed E-state index contributed by atoms with van der Waals surface area (Å²) >= 11 is 0. The van der Waals surface area contributed by atoms with Gasteiger partial charge in [-0.2, -0.15) is 0 Å². The predicted molar refractivity (Wildman–Crippen MR) is 124 cm³/mol. The maximum Gasteiger partial charge on any atom is 0.419 e. The highest BCUT2D eigenvalue weighted by atomic mass is 16.6. The third kappa shape index (κ3) is 4.99. The number of hydrogen-bond acceptors (Lipinski definition) is 4. The van der Waals surface area contributed by atoms with Gasteiger partial charge in [0.1, 0.15) is 11.6 Å². The lowest BCUT2D eigenvalue weighted by Crippen LogP contribution is -2.41. The average Bonchev–Trinajstić information content (AvgIpc) is 2.99. The summed E-state index contributed by atoms with van der Waals surface area (Å²) in [6, 6.07) is 10.2. The second kappa shape index (κ2) is 8.86. The first-order valence-electron chi connectivity index (χ1n) is 10.4. The van der Waals surface area contributed by atoms with Crippen molar-refractivity contribution >= 4 is 39.8 Å². The number of ether oxygens (including phenoxy) is 1. The van der Waals surface area contributed by atoms with Gasteiger partial charge < -0.3 is 15.2 Å². The number of nitrogens with one attached hydrogen (secondary N) is 1. The standard InChI is InChI=1S/C25H28N2O5/c1-6-7-16-8-10-21-18(12-16)19-13-17(14-20(23(29)30)26-15(2)28)9-11-22(19)27(21)24(31)32-25(3,4)5/h6,8-13,20H,1,7,14H2,2-5H3,(H,26,28)(H,29,30). The zero-order valence-electron chi connectivity index (χ0n) is 18.8. The van der Waals surface area contributed by atoms with E-state index in [4.69, 9.17) is 4.74 Å². The number of nitrogens with zero attached hydrogens (tertiary/aromatic N) is 1. The summed E-state index contributed by atoms with van der Waals surface area (Å²) in [5.74, 6) is -1.51. The third-order valence-electron chi connectivity index (χ3n) is 4.97. The number of carboxylic acids is 1. The van der Waals surface area contributed by atoms with E-state index in [1.54, 1.807) is 16.7 Å². The molecule has 32 heavy (non-hydrogen) atoms. The normalized spacial score (nSPS) is 12.5. The number of aliphatic carboxylic acids is 1. The lowest BCUT2D eigenvalue weighted by atomic mass is 10.0. The molecule has 1 unspecified atom stereocenters. The molecule has 0 aliphatic rings. The van der Waals surface area contributed by atoms with Crippen LogP contribution in [-0.2, 0) is 27.2 Å². The van der Waals surface area contributed by atoms with Crippen LogP contribution in [0.2, 0.25) is 0 Å². The molecule has 3 rings (SSSR count). The van der Waals surface area contributed by atoms with Crippen LogP contribution in [0, 0.1) is 0 Å². The van der Waals surface area contributed by atoms with Gasteiger partial charge in [-0.15, -0.1) is 6.58 Å². The van der Waals surface area contributed by atoms with Crippen LogP contribution < -0.4 is 5.32 Å². The van der Waals surface area contributed by atoms with E-state index in [0.717, 1.165) is 21.9 Å². The quantitative estimate of drug-likeness (QED) is 0.557. The SMILES string of the molecule is C=CCc1ccc2c(c1)c1cc(CC(NC(C)=O)C(=O)O)ccc1n2C(=O)OC(C)(C)C. The van der Waals surface area contributed by atoms with Crippen LogP contribution in [0.15, 0.2) is 49.1 Å². The lowest BCUT2D eigenvalue weighted by Gasteiger charge is -2.20. The molecular weight excluding hydrogens is 408 g/mol. The number of fused-ring (bicyclic) bond motifs is 3. The number of carboxylic acid groups (broad SMARTS) is 1. The van der Waals surface area contributed by atoms with Gasteiger partial charge in [-0.1, -0.05) is 18.2 Å². The average molecular weight is 437 g/mol. The second-order valence-electron chi connectivity index (χ2n) is 8.81. The monoisotopic (exact) mass is 436 g/mol. The molecule has 1 aromatic heterocycles. The first-order chi connectivity index (χ1) is 15.0. The smallest absolute Gasteiger partial charge is 0.419 e. The molecule has 7 heteroatoms. The highest BCUT2D eigenvalue weighted by Crippen LogP contribution is 2.32. The number of carbonyl (C=O) groups is 3. The molecule has 2 aromatic carbocycles. The van der Waals surface area contributed by atoms with Gasteiger partial charge in [0, 0.05) is 24.1 Å². The predicted octanol–water partition coefficient (Wildman–Crippen LogP) is 4.44. The van der Waals surface area contributed by atoms with Gasteiger partial charge in [0.25, 0.3) is 0 Å². The molecule has 0 saturated heterocycles. The molecule has 168 valence electrons. The summed E-state index contributed by atoms with van der Waals surface area (Å²) < 4.78 is 7.17. The number of rotatable bonds is 6. The van der Waals surface area contributed by atoms with Crippen molar-refractivity contribution in [2.45, 2.75) is 52.2 Å². The molecule has 3 aromatic rings. The van der Waals surface area contributed by atoms with E-state index in [-0.39, 0.29) is 6.42 Å². The molecule has 0 saturated carbocycles. The van der Waals surface area contributed by atoms with Crippen molar-refractivity contribution in [1.29, 1.82) is 0 Å². The van der Waals surface area contributed by atoms with Crippen molar-refractivity contribution < 1.29 is 24.2 Å². The molecule has 0 spiro atoms. The molecule has 1 heterocycles. The van der Waals surface area contributed by atoms with Gasteiger partial charge in [-0.25, -0.2) is 14.2 Å². The van der Waals surface area contributed by atoms with Gasteiger partial charge in [-0.3, -0.25) is 4.79 Å². The van der Waals surface area contributed by atoms with E-state index in [0.29, 0.717) is 17.5 Å². The topological polar surface area (TPSA) is 97.6 Å². The Morgan fingerprint density at radius 2 is 1.66 bits per heavy atom. The first-order valence-corrected chi connectivity index (χ1v) is 10.4. The number of allylic oxidation sites excluding steroid dienone is 1. The van der Waals surface area contributed by atoms with E-state index in [2.05, 4.69) is 11.9 Å². The largest absolute Gasteiger partial charge is 0.480 e. The van der Waals surface area contributed by atoms with Gasteiger partial charge in [-0.05, 0) is 62.6 Å². The molecule has 0 radical (unpaired) electrons. The van der Waals surface area contributed by atoms with Gasteiger partial charge in [0.2, 0.25) is 5.91 Å². The second-order valence-corrected chi connectivity index (χ2v) is 8.81.